The van der Waals surface area contributed by atoms with Crippen molar-refractivity contribution in [3.63, 3.8) is 0 Å². The molecule has 0 aliphatic rings. The molecule has 0 atom stereocenters. The van der Waals surface area contributed by atoms with E-state index in [1.54, 1.807) is 7.05 Å². The van der Waals surface area contributed by atoms with Crippen molar-refractivity contribution in [2.45, 2.75) is 0 Å². The monoisotopic (exact) mass is 206 g/mol. The van der Waals surface area contributed by atoms with Crippen LogP contribution in [-0.4, -0.2) is 26.0 Å². The van der Waals surface area contributed by atoms with Gasteiger partial charge in [-0.25, -0.2) is 9.07 Å². The van der Waals surface area contributed by atoms with E-state index in [-0.39, 0.29) is 11.4 Å². The zero-order valence-electron chi connectivity index (χ0n) is 7.88. The Morgan fingerprint density at radius 3 is 2.87 bits per heavy atom. The average Bonchev–Trinajstić information content (AvgIpc) is 2.63. The number of hydrogen-bond donors (Lipinski definition) is 0. The maximum absolute atomic E-state index is 12.9. The van der Waals surface area contributed by atoms with Crippen molar-refractivity contribution in [1.29, 1.82) is 0 Å². The van der Waals surface area contributed by atoms with Crippen molar-refractivity contribution in [2.75, 3.05) is 0 Å². The van der Waals surface area contributed by atoms with Gasteiger partial charge in [0.15, 0.2) is 0 Å². The molecule has 0 saturated carbocycles. The first-order chi connectivity index (χ1) is 7.18. The maximum atomic E-state index is 12.9. The molecule has 0 N–H and O–H groups in total. The van der Waals surface area contributed by atoms with E-state index in [1.165, 1.54) is 22.9 Å². The number of hydrogen-bond acceptors (Lipinski definition) is 4. The van der Waals surface area contributed by atoms with Crippen LogP contribution in [-0.2, 0) is 7.05 Å². The minimum Gasteiger partial charge on any atom is -0.285 e. The summed E-state index contributed by atoms with van der Waals surface area (Å²) in [7, 11) is 1.55. The first-order valence-electron chi connectivity index (χ1n) is 4.21. The maximum Gasteiger partial charge on any atom is 0.232 e. The fourth-order valence-electron chi connectivity index (χ4n) is 1.18. The Morgan fingerprint density at radius 1 is 1.47 bits per heavy atom. The van der Waals surface area contributed by atoms with E-state index in [4.69, 9.17) is 0 Å². The van der Waals surface area contributed by atoms with Crippen LogP contribution in [0.15, 0.2) is 24.3 Å². The van der Waals surface area contributed by atoms with Crippen LogP contribution >= 0.6 is 0 Å². The standard InChI is InChI=1S/C9H7FN4O/c1-14-9(11-12-13-14)8(15)6-3-2-4-7(10)5-6/h2-5H,1H3. The second-order valence-corrected chi connectivity index (χ2v) is 2.97. The molecule has 5 nitrogen and oxygen atoms in total. The number of carbonyl (C=O) groups excluding carboxylic acids is 1. The Labute approximate surface area is 84.5 Å². The third kappa shape index (κ3) is 1.74. The summed E-state index contributed by atoms with van der Waals surface area (Å²) in [6.45, 7) is 0. The molecule has 15 heavy (non-hydrogen) atoms. The van der Waals surface area contributed by atoms with Crippen LogP contribution in [0.2, 0.25) is 0 Å². The molecule has 1 aromatic heterocycles. The molecule has 6 heteroatoms. The lowest BCUT2D eigenvalue weighted by Crippen LogP contribution is -2.09. The molecule has 0 aliphatic carbocycles. The molecule has 2 rings (SSSR count). The van der Waals surface area contributed by atoms with Gasteiger partial charge in [-0.2, -0.15) is 0 Å². The highest BCUT2D eigenvalue weighted by Crippen LogP contribution is 2.07. The van der Waals surface area contributed by atoms with E-state index in [2.05, 4.69) is 15.5 Å². The van der Waals surface area contributed by atoms with Gasteiger partial charge in [0, 0.05) is 12.6 Å². The predicted molar refractivity (Wildman–Crippen MR) is 48.6 cm³/mol. The van der Waals surface area contributed by atoms with Crippen LogP contribution in [0.5, 0.6) is 0 Å². The summed E-state index contributed by atoms with van der Waals surface area (Å²) < 4.78 is 14.1. The molecular formula is C9H7FN4O. The minimum absolute atomic E-state index is 0.0839. The number of ketones is 1. The molecule has 1 heterocycles. The molecule has 0 aliphatic heterocycles. The Hall–Kier alpha value is -2.11. The van der Waals surface area contributed by atoms with Gasteiger partial charge in [-0.3, -0.25) is 4.79 Å². The van der Waals surface area contributed by atoms with Gasteiger partial charge < -0.3 is 0 Å². The van der Waals surface area contributed by atoms with Crippen LogP contribution in [0.25, 0.3) is 0 Å². The van der Waals surface area contributed by atoms with Crippen molar-refractivity contribution in [3.8, 4) is 0 Å². The van der Waals surface area contributed by atoms with E-state index >= 15 is 0 Å². The second kappa shape index (κ2) is 3.56. The lowest BCUT2D eigenvalue weighted by Gasteiger charge is -1.98. The molecule has 0 bridgehead atoms. The van der Waals surface area contributed by atoms with Gasteiger partial charge >= 0.3 is 0 Å². The number of aryl methyl sites for hydroxylation is 1. The van der Waals surface area contributed by atoms with Gasteiger partial charge in [0.1, 0.15) is 5.82 Å². The molecule has 0 unspecified atom stereocenters. The second-order valence-electron chi connectivity index (χ2n) is 2.97. The van der Waals surface area contributed by atoms with Gasteiger partial charge in [-0.1, -0.05) is 12.1 Å². The first kappa shape index (κ1) is 9.45. The zero-order valence-corrected chi connectivity index (χ0v) is 7.88. The Kier molecular flexibility index (Phi) is 2.24. The van der Waals surface area contributed by atoms with E-state index in [1.807, 2.05) is 0 Å². The first-order valence-corrected chi connectivity index (χ1v) is 4.21. The van der Waals surface area contributed by atoms with Crippen LogP contribution in [0.3, 0.4) is 0 Å². The smallest absolute Gasteiger partial charge is 0.232 e. The number of benzene rings is 1. The third-order valence-electron chi connectivity index (χ3n) is 1.91. The van der Waals surface area contributed by atoms with Crippen LogP contribution < -0.4 is 0 Å². The predicted octanol–water partition coefficient (Wildman–Crippen LogP) is 0.580. The fraction of sp³-hybridized carbons (Fsp3) is 0.111. The molecule has 76 valence electrons. The summed E-state index contributed by atoms with van der Waals surface area (Å²) >= 11 is 0. The summed E-state index contributed by atoms with van der Waals surface area (Å²) in [6.07, 6.45) is 0. The van der Waals surface area contributed by atoms with Gasteiger partial charge in [-0.15, -0.1) is 5.10 Å². The molecule has 0 radical (unpaired) electrons. The fourth-order valence-corrected chi connectivity index (χ4v) is 1.18. The van der Waals surface area contributed by atoms with Crippen LogP contribution in [0.4, 0.5) is 4.39 Å². The number of halogens is 1. The number of rotatable bonds is 2. The van der Waals surface area contributed by atoms with Crippen molar-refractivity contribution in [3.05, 3.63) is 41.5 Å². The molecular weight excluding hydrogens is 199 g/mol. The number of nitrogens with zero attached hydrogens (tertiary/aromatic N) is 4. The van der Waals surface area contributed by atoms with E-state index in [9.17, 15) is 9.18 Å². The van der Waals surface area contributed by atoms with E-state index in [0.717, 1.165) is 6.07 Å². The van der Waals surface area contributed by atoms with E-state index < -0.39 is 11.6 Å². The highest BCUT2D eigenvalue weighted by molar-refractivity contribution is 6.06. The Balaban J connectivity index is 2.41. The van der Waals surface area contributed by atoms with Crippen LogP contribution in [0, 0.1) is 5.82 Å². The van der Waals surface area contributed by atoms with Crippen molar-refractivity contribution in [1.82, 2.24) is 20.2 Å². The van der Waals surface area contributed by atoms with Crippen molar-refractivity contribution in [2.24, 2.45) is 7.05 Å². The average molecular weight is 206 g/mol. The summed E-state index contributed by atoms with van der Waals surface area (Å²) in [5, 5.41) is 10.4. The molecule has 0 fully saturated rings. The summed E-state index contributed by atoms with van der Waals surface area (Å²) in [6, 6.07) is 5.40. The zero-order chi connectivity index (χ0) is 10.8. The number of carbonyl (C=O) groups is 1. The van der Waals surface area contributed by atoms with Crippen LogP contribution in [0.1, 0.15) is 16.2 Å². The number of aromatic nitrogens is 4. The minimum atomic E-state index is -0.462. The van der Waals surface area contributed by atoms with Gasteiger partial charge in [0.25, 0.3) is 0 Å². The summed E-state index contributed by atoms with van der Waals surface area (Å²) in [5.74, 6) is -0.779. The Bertz CT molecular complexity index is 508. The van der Waals surface area contributed by atoms with Crippen molar-refractivity contribution < 1.29 is 9.18 Å². The summed E-state index contributed by atoms with van der Waals surface area (Å²) in [5.41, 5.74) is 0.230. The SMILES string of the molecule is Cn1nnnc1C(=O)c1cccc(F)c1. The topological polar surface area (TPSA) is 60.7 Å². The molecule has 0 saturated heterocycles. The van der Waals surface area contributed by atoms with Crippen molar-refractivity contribution >= 4 is 5.78 Å². The number of tetrazole rings is 1. The van der Waals surface area contributed by atoms with Gasteiger partial charge in [0.05, 0.1) is 0 Å². The third-order valence-corrected chi connectivity index (χ3v) is 1.91. The molecule has 0 amide bonds. The summed E-state index contributed by atoms with van der Waals surface area (Å²) in [4.78, 5) is 11.8. The Morgan fingerprint density at radius 2 is 2.27 bits per heavy atom. The molecule has 0 spiro atoms. The highest BCUT2D eigenvalue weighted by Gasteiger charge is 2.15. The quantitative estimate of drug-likeness (QED) is 0.674. The lowest BCUT2D eigenvalue weighted by molar-refractivity contribution is 0.102. The van der Waals surface area contributed by atoms with E-state index in [0.29, 0.717) is 0 Å². The molecule has 1 aromatic carbocycles. The largest absolute Gasteiger partial charge is 0.285 e. The molecule has 2 aromatic rings. The van der Waals surface area contributed by atoms with Gasteiger partial charge in [0.2, 0.25) is 11.6 Å². The lowest BCUT2D eigenvalue weighted by atomic mass is 10.1. The van der Waals surface area contributed by atoms with Gasteiger partial charge in [-0.05, 0) is 22.6 Å². The normalized spacial score (nSPS) is 10.3. The highest BCUT2D eigenvalue weighted by atomic mass is 19.1.